The van der Waals surface area contributed by atoms with E-state index in [0.717, 1.165) is 83.5 Å². The Balaban J connectivity index is 4.36. The molecule has 0 aliphatic rings. The lowest BCUT2D eigenvalue weighted by atomic mass is 10.0. The van der Waals surface area contributed by atoms with Crippen molar-refractivity contribution in [2.24, 2.45) is 0 Å². The van der Waals surface area contributed by atoms with Gasteiger partial charge in [-0.05, 0) is 116 Å². The summed E-state index contributed by atoms with van der Waals surface area (Å²) in [7, 11) is 0. The van der Waals surface area contributed by atoms with Crippen molar-refractivity contribution in [3.63, 3.8) is 0 Å². The molecule has 0 spiro atoms. The predicted molar refractivity (Wildman–Crippen MR) is 362 cm³/mol. The molecule has 6 heteroatoms. The first kappa shape index (κ1) is 79.3. The highest BCUT2D eigenvalue weighted by Crippen LogP contribution is 2.17. The summed E-state index contributed by atoms with van der Waals surface area (Å²) in [5.74, 6) is -0.945. The quantitative estimate of drug-likeness (QED) is 0.0261. The second-order valence-electron chi connectivity index (χ2n) is 23.8. The second kappa shape index (κ2) is 70.8. The molecule has 1 unspecified atom stereocenters. The van der Waals surface area contributed by atoms with Gasteiger partial charge in [0.1, 0.15) is 13.2 Å². The zero-order chi connectivity index (χ0) is 59.9. The van der Waals surface area contributed by atoms with Crippen molar-refractivity contribution in [1.29, 1.82) is 0 Å². The van der Waals surface area contributed by atoms with Crippen molar-refractivity contribution in [1.82, 2.24) is 0 Å². The van der Waals surface area contributed by atoms with Gasteiger partial charge in [0.15, 0.2) is 6.10 Å². The summed E-state index contributed by atoms with van der Waals surface area (Å²) in [6.07, 6.45) is 95.9. The minimum Gasteiger partial charge on any atom is -0.462 e. The lowest BCUT2D eigenvalue weighted by Gasteiger charge is -2.18. The summed E-state index contributed by atoms with van der Waals surface area (Å²) in [6, 6.07) is 0. The van der Waals surface area contributed by atoms with Crippen LogP contribution in [0.2, 0.25) is 0 Å². The Labute approximate surface area is 515 Å². The highest BCUT2D eigenvalue weighted by Gasteiger charge is 2.19. The van der Waals surface area contributed by atoms with Gasteiger partial charge in [0, 0.05) is 19.3 Å². The molecular weight excluding hydrogens is 1020 g/mol. The Hall–Kier alpha value is -3.67. The molecular formula is C77H134O6. The molecule has 478 valence electrons. The molecule has 0 radical (unpaired) electrons. The molecule has 0 aromatic heterocycles. The van der Waals surface area contributed by atoms with Crippen LogP contribution in [0, 0.1) is 0 Å². The van der Waals surface area contributed by atoms with Crippen LogP contribution in [0.3, 0.4) is 0 Å². The van der Waals surface area contributed by atoms with Gasteiger partial charge < -0.3 is 14.2 Å². The Bertz CT molecular complexity index is 1610. The van der Waals surface area contributed by atoms with Gasteiger partial charge in [-0.1, -0.05) is 317 Å². The molecule has 0 saturated carbocycles. The molecule has 0 aliphatic heterocycles. The minimum atomic E-state index is -0.805. The van der Waals surface area contributed by atoms with Gasteiger partial charge in [-0.2, -0.15) is 0 Å². The summed E-state index contributed by atoms with van der Waals surface area (Å²) in [5.41, 5.74) is 0. The molecule has 0 heterocycles. The van der Waals surface area contributed by atoms with Gasteiger partial charge in [0.2, 0.25) is 0 Å². The van der Waals surface area contributed by atoms with Crippen molar-refractivity contribution in [3.05, 3.63) is 97.2 Å². The van der Waals surface area contributed by atoms with E-state index in [9.17, 15) is 14.4 Å². The maximum Gasteiger partial charge on any atom is 0.306 e. The van der Waals surface area contributed by atoms with Gasteiger partial charge in [0.05, 0.1) is 0 Å². The third kappa shape index (κ3) is 69.0. The lowest BCUT2D eigenvalue weighted by molar-refractivity contribution is -0.167. The number of carbonyl (C=O) groups excluding carboxylic acids is 3. The highest BCUT2D eigenvalue weighted by atomic mass is 16.6. The molecule has 0 N–H and O–H groups in total. The number of esters is 3. The molecule has 0 aliphatic carbocycles. The first-order chi connectivity index (χ1) is 41.0. The molecule has 0 aromatic rings. The third-order valence-corrected chi connectivity index (χ3v) is 15.5. The van der Waals surface area contributed by atoms with E-state index in [1.165, 1.54) is 225 Å². The van der Waals surface area contributed by atoms with Crippen LogP contribution in [0.5, 0.6) is 0 Å². The molecule has 0 aromatic carbocycles. The van der Waals surface area contributed by atoms with Gasteiger partial charge in [-0.15, -0.1) is 0 Å². The number of ether oxygens (including phenoxy) is 3. The molecule has 0 fully saturated rings. The van der Waals surface area contributed by atoms with E-state index in [-0.39, 0.29) is 37.5 Å². The zero-order valence-corrected chi connectivity index (χ0v) is 54.9. The van der Waals surface area contributed by atoms with Crippen molar-refractivity contribution < 1.29 is 28.6 Å². The maximum atomic E-state index is 13.0. The van der Waals surface area contributed by atoms with Gasteiger partial charge in [-0.25, -0.2) is 0 Å². The van der Waals surface area contributed by atoms with Crippen LogP contribution in [0.1, 0.15) is 355 Å². The topological polar surface area (TPSA) is 78.9 Å². The Morgan fingerprint density at radius 2 is 0.482 bits per heavy atom. The highest BCUT2D eigenvalue weighted by molar-refractivity contribution is 5.71. The molecule has 83 heavy (non-hydrogen) atoms. The summed E-state index contributed by atoms with van der Waals surface area (Å²) in [4.78, 5) is 38.5. The van der Waals surface area contributed by atoms with Crippen molar-refractivity contribution >= 4 is 17.9 Å². The first-order valence-electron chi connectivity index (χ1n) is 35.7. The second-order valence-corrected chi connectivity index (χ2v) is 23.8. The van der Waals surface area contributed by atoms with Crippen LogP contribution in [-0.4, -0.2) is 37.2 Å². The van der Waals surface area contributed by atoms with Crippen LogP contribution in [0.15, 0.2) is 97.2 Å². The number of unbranched alkanes of at least 4 members (excludes halogenated alkanes) is 38. The number of carbonyl (C=O) groups is 3. The van der Waals surface area contributed by atoms with E-state index in [1.807, 2.05) is 0 Å². The van der Waals surface area contributed by atoms with Crippen LogP contribution < -0.4 is 0 Å². The van der Waals surface area contributed by atoms with Crippen molar-refractivity contribution in [3.8, 4) is 0 Å². The fraction of sp³-hybridized carbons (Fsp3) is 0.753. The Morgan fingerprint density at radius 1 is 0.253 bits per heavy atom. The largest absolute Gasteiger partial charge is 0.462 e. The van der Waals surface area contributed by atoms with E-state index in [2.05, 4.69) is 118 Å². The van der Waals surface area contributed by atoms with Crippen LogP contribution in [0.4, 0.5) is 0 Å². The summed E-state index contributed by atoms with van der Waals surface area (Å²) < 4.78 is 16.9. The smallest absolute Gasteiger partial charge is 0.306 e. The van der Waals surface area contributed by atoms with Crippen LogP contribution >= 0.6 is 0 Å². The fourth-order valence-corrected chi connectivity index (χ4v) is 10.2. The summed E-state index contributed by atoms with van der Waals surface area (Å²) >= 11 is 0. The van der Waals surface area contributed by atoms with E-state index in [4.69, 9.17) is 14.2 Å². The standard InChI is InChI=1S/C77H134O6/c1-4-7-10-13-16-19-22-25-28-31-33-35-36-37-38-39-40-42-43-46-49-52-55-58-61-64-67-70-76(79)82-73-74(72-81-75(78)69-66-63-60-57-54-51-48-45-30-27-24-21-18-15-12-9-6-3)83-77(80)71-68-65-62-59-56-53-50-47-44-41-34-32-29-26-23-20-17-14-11-8-5-2/h9,12,18,21,23,26-27,30-34,48,51,57,60,74H,4-8,10-11,13-17,19-20,22,24-25,28-29,35-47,49-50,52-56,58-59,61-73H2,1-3H3/b12-9-,21-18-,26-23-,30-27-,33-31-,34-32-,51-48-,60-57-. The normalized spacial score (nSPS) is 12.7. The lowest BCUT2D eigenvalue weighted by Crippen LogP contribution is -2.30. The number of hydrogen-bond acceptors (Lipinski definition) is 6. The average Bonchev–Trinajstić information content (AvgIpc) is 3.50. The van der Waals surface area contributed by atoms with E-state index in [0.29, 0.717) is 19.3 Å². The van der Waals surface area contributed by atoms with E-state index in [1.54, 1.807) is 0 Å². The van der Waals surface area contributed by atoms with Gasteiger partial charge in [-0.3, -0.25) is 14.4 Å². The van der Waals surface area contributed by atoms with Gasteiger partial charge in [0.25, 0.3) is 0 Å². The minimum absolute atomic E-state index is 0.0951. The number of rotatable bonds is 65. The van der Waals surface area contributed by atoms with Crippen molar-refractivity contribution in [2.45, 2.75) is 361 Å². The monoisotopic (exact) mass is 1160 g/mol. The molecule has 0 rings (SSSR count). The van der Waals surface area contributed by atoms with Crippen molar-refractivity contribution in [2.75, 3.05) is 13.2 Å². The molecule has 0 bridgehead atoms. The summed E-state index contributed by atoms with van der Waals surface area (Å²) in [5, 5.41) is 0. The number of allylic oxidation sites excluding steroid dienone is 16. The third-order valence-electron chi connectivity index (χ3n) is 15.5. The molecule has 0 amide bonds. The van der Waals surface area contributed by atoms with E-state index >= 15 is 0 Å². The Morgan fingerprint density at radius 3 is 0.795 bits per heavy atom. The maximum absolute atomic E-state index is 13.0. The Kier molecular flexibility index (Phi) is 67.7. The molecule has 0 saturated heterocycles. The predicted octanol–water partition coefficient (Wildman–Crippen LogP) is 24.8. The number of hydrogen-bond donors (Lipinski definition) is 0. The first-order valence-corrected chi connectivity index (χ1v) is 35.7. The molecule has 1 atom stereocenters. The van der Waals surface area contributed by atoms with Crippen LogP contribution in [-0.2, 0) is 28.6 Å². The molecule has 6 nitrogen and oxygen atoms in total. The zero-order valence-electron chi connectivity index (χ0n) is 54.9. The average molecular weight is 1160 g/mol. The van der Waals surface area contributed by atoms with Crippen LogP contribution in [0.25, 0.3) is 0 Å². The fourth-order valence-electron chi connectivity index (χ4n) is 10.2. The van der Waals surface area contributed by atoms with E-state index < -0.39 is 6.10 Å². The van der Waals surface area contributed by atoms with Gasteiger partial charge >= 0.3 is 17.9 Å². The summed E-state index contributed by atoms with van der Waals surface area (Å²) in [6.45, 7) is 6.51. The SMILES string of the molecule is CC/C=C\C/C=C\C/C=C\C/C=C\C/C=C\CCCC(=O)OCC(COC(=O)CCCCCCCCCCCCCCCCC/C=C\CCCCCCCCCC)OC(=O)CCCCCCCCCCC/C=C\C/C=C\CCCCCCC.